The normalized spacial score (nSPS) is 15.7. The number of anilines is 1. The molecule has 6 nitrogen and oxygen atoms in total. The topological polar surface area (TPSA) is 93.4 Å². The molecule has 1 aliphatic rings. The van der Waals surface area contributed by atoms with Gasteiger partial charge >= 0.3 is 0 Å². The highest BCUT2D eigenvalue weighted by Crippen LogP contribution is 2.28. The molecule has 21 heavy (non-hydrogen) atoms. The van der Waals surface area contributed by atoms with Crippen LogP contribution in [0.25, 0.3) is 10.2 Å². The second-order valence-electron chi connectivity index (χ2n) is 5.05. The summed E-state index contributed by atoms with van der Waals surface area (Å²) in [7, 11) is -3.70. The van der Waals surface area contributed by atoms with Crippen molar-refractivity contribution < 1.29 is 13.2 Å². The quantitative estimate of drug-likeness (QED) is 0.858. The lowest BCUT2D eigenvalue weighted by Crippen LogP contribution is -2.33. The first-order valence-corrected chi connectivity index (χ1v) is 9.09. The number of carbonyl (C=O) groups is 1. The van der Waals surface area contributed by atoms with E-state index < -0.39 is 15.6 Å². The van der Waals surface area contributed by atoms with Crippen molar-refractivity contribution in [1.29, 1.82) is 0 Å². The zero-order valence-corrected chi connectivity index (χ0v) is 12.9. The van der Waals surface area contributed by atoms with E-state index in [4.69, 9.17) is 5.73 Å². The minimum absolute atomic E-state index is 0.0179. The molecular formula is C13H15N3O3S2. The molecule has 1 aromatic carbocycles. The maximum Gasteiger partial charge on any atom is 0.238 e. The number of sulfone groups is 1. The molecule has 2 aromatic rings. The van der Waals surface area contributed by atoms with E-state index in [9.17, 15) is 13.2 Å². The van der Waals surface area contributed by atoms with Gasteiger partial charge in [-0.05, 0) is 31.0 Å². The molecule has 0 atom stereocenters. The molecule has 0 bridgehead atoms. The van der Waals surface area contributed by atoms with E-state index in [0.29, 0.717) is 29.0 Å². The molecule has 0 aliphatic carbocycles. The van der Waals surface area contributed by atoms with Crippen molar-refractivity contribution in [3.63, 3.8) is 0 Å². The maximum atomic E-state index is 12.3. The van der Waals surface area contributed by atoms with Gasteiger partial charge in [0.15, 0.2) is 0 Å². The van der Waals surface area contributed by atoms with E-state index >= 15 is 0 Å². The highest BCUT2D eigenvalue weighted by atomic mass is 32.2. The van der Waals surface area contributed by atoms with Gasteiger partial charge in [0.05, 0.1) is 10.2 Å². The number of thiazole rings is 1. The molecule has 3 rings (SSSR count). The van der Waals surface area contributed by atoms with Gasteiger partial charge < -0.3 is 10.6 Å². The Bertz CT molecular complexity index is 792. The molecule has 0 radical (unpaired) electrons. The fourth-order valence-electron chi connectivity index (χ4n) is 2.34. The molecule has 0 saturated carbocycles. The van der Waals surface area contributed by atoms with Crippen LogP contribution in [0, 0.1) is 0 Å². The fourth-order valence-corrected chi connectivity index (χ4v) is 4.90. The third kappa shape index (κ3) is 2.86. The number of amides is 1. The molecule has 1 aliphatic heterocycles. The summed E-state index contributed by atoms with van der Waals surface area (Å²) in [6.45, 7) is 1.29. The first kappa shape index (κ1) is 14.3. The summed E-state index contributed by atoms with van der Waals surface area (Å²) in [4.78, 5) is 17.7. The Morgan fingerprint density at radius 1 is 1.33 bits per heavy atom. The van der Waals surface area contributed by atoms with E-state index in [1.165, 1.54) is 0 Å². The standard InChI is InChI=1S/C13H15N3O3S2/c14-9-3-4-10-11(7-9)20-13(15-10)21(18,19)8-12(17)16-5-1-2-6-16/h3-4,7H,1-2,5-6,8,14H2. The van der Waals surface area contributed by atoms with Crippen LogP contribution in [0.1, 0.15) is 12.8 Å². The van der Waals surface area contributed by atoms with Gasteiger partial charge in [0, 0.05) is 18.8 Å². The predicted octanol–water partition coefficient (Wildman–Crippen LogP) is 1.27. The predicted molar refractivity (Wildman–Crippen MR) is 81.9 cm³/mol. The Balaban J connectivity index is 1.87. The first-order chi connectivity index (χ1) is 9.95. The molecule has 0 spiro atoms. The number of nitrogens with zero attached hydrogens (tertiary/aromatic N) is 2. The van der Waals surface area contributed by atoms with Crippen molar-refractivity contribution in [2.75, 3.05) is 24.6 Å². The van der Waals surface area contributed by atoms with Crippen LogP contribution in [-0.2, 0) is 14.6 Å². The van der Waals surface area contributed by atoms with E-state index in [-0.39, 0.29) is 10.2 Å². The van der Waals surface area contributed by atoms with Crippen molar-refractivity contribution in [1.82, 2.24) is 9.88 Å². The monoisotopic (exact) mass is 325 g/mol. The minimum atomic E-state index is -3.70. The molecule has 112 valence electrons. The summed E-state index contributed by atoms with van der Waals surface area (Å²) >= 11 is 1.05. The summed E-state index contributed by atoms with van der Waals surface area (Å²) < 4.78 is 25.3. The van der Waals surface area contributed by atoms with Crippen molar-refractivity contribution in [2.24, 2.45) is 0 Å². The number of nitrogen functional groups attached to an aromatic ring is 1. The average molecular weight is 325 g/mol. The van der Waals surface area contributed by atoms with Crippen molar-refractivity contribution >= 4 is 43.0 Å². The van der Waals surface area contributed by atoms with Crippen LogP contribution in [0.4, 0.5) is 5.69 Å². The molecule has 1 aromatic heterocycles. The maximum absolute atomic E-state index is 12.3. The summed E-state index contributed by atoms with van der Waals surface area (Å²) in [5.74, 6) is -0.853. The number of benzene rings is 1. The highest BCUT2D eigenvalue weighted by Gasteiger charge is 2.27. The molecule has 1 saturated heterocycles. The molecule has 1 amide bonds. The van der Waals surface area contributed by atoms with E-state index in [1.54, 1.807) is 23.1 Å². The lowest BCUT2D eigenvalue weighted by Gasteiger charge is -2.14. The first-order valence-electron chi connectivity index (χ1n) is 6.62. The molecule has 8 heteroatoms. The zero-order valence-electron chi connectivity index (χ0n) is 11.3. The number of likely N-dealkylation sites (tertiary alicyclic amines) is 1. The number of hydrogen-bond acceptors (Lipinski definition) is 6. The largest absolute Gasteiger partial charge is 0.399 e. The Labute approximate surface area is 126 Å². The Kier molecular flexibility index (Phi) is 3.58. The number of carbonyl (C=O) groups excluding carboxylic acids is 1. The number of hydrogen-bond donors (Lipinski definition) is 1. The molecule has 2 N–H and O–H groups in total. The van der Waals surface area contributed by atoms with E-state index in [2.05, 4.69) is 4.98 Å². The second kappa shape index (κ2) is 5.27. The van der Waals surface area contributed by atoms with Gasteiger partial charge in [0.2, 0.25) is 20.1 Å². The van der Waals surface area contributed by atoms with Crippen molar-refractivity contribution in [2.45, 2.75) is 17.2 Å². The second-order valence-corrected chi connectivity index (χ2v) is 8.25. The number of aromatic nitrogens is 1. The number of nitrogens with two attached hydrogens (primary N) is 1. The average Bonchev–Trinajstić information content (AvgIpc) is 3.07. The summed E-state index contributed by atoms with van der Waals surface area (Å²) in [6, 6.07) is 5.05. The summed E-state index contributed by atoms with van der Waals surface area (Å²) in [6.07, 6.45) is 1.87. The van der Waals surface area contributed by atoms with Gasteiger partial charge in [-0.1, -0.05) is 0 Å². The van der Waals surface area contributed by atoms with Gasteiger partial charge in [-0.3, -0.25) is 4.79 Å². The van der Waals surface area contributed by atoms with Crippen LogP contribution in [0.2, 0.25) is 0 Å². The van der Waals surface area contributed by atoms with Crippen molar-refractivity contribution in [3.05, 3.63) is 18.2 Å². The summed E-state index contributed by atoms with van der Waals surface area (Å²) in [5, 5.41) is 0. The number of rotatable bonds is 3. The van der Waals surface area contributed by atoms with Gasteiger partial charge in [-0.25, -0.2) is 13.4 Å². The minimum Gasteiger partial charge on any atom is -0.399 e. The van der Waals surface area contributed by atoms with Crippen LogP contribution < -0.4 is 5.73 Å². The van der Waals surface area contributed by atoms with Gasteiger partial charge in [-0.2, -0.15) is 0 Å². The van der Waals surface area contributed by atoms with Crippen LogP contribution in [-0.4, -0.2) is 43.1 Å². The Morgan fingerprint density at radius 2 is 2.05 bits per heavy atom. The molecule has 2 heterocycles. The lowest BCUT2D eigenvalue weighted by molar-refractivity contribution is -0.127. The zero-order chi connectivity index (χ0) is 15.0. The lowest BCUT2D eigenvalue weighted by atomic mass is 10.3. The Hall–Kier alpha value is -1.67. The van der Waals surface area contributed by atoms with E-state index in [0.717, 1.165) is 24.2 Å². The number of fused-ring (bicyclic) bond motifs is 1. The third-order valence-corrected chi connectivity index (χ3v) is 6.51. The third-order valence-electron chi connectivity index (χ3n) is 3.43. The van der Waals surface area contributed by atoms with Crippen LogP contribution in [0.15, 0.2) is 22.5 Å². The smallest absolute Gasteiger partial charge is 0.238 e. The molecule has 0 unspecified atom stereocenters. The van der Waals surface area contributed by atoms with Crippen LogP contribution in [0.5, 0.6) is 0 Å². The van der Waals surface area contributed by atoms with Gasteiger partial charge in [0.25, 0.3) is 0 Å². The van der Waals surface area contributed by atoms with Gasteiger partial charge in [-0.15, -0.1) is 11.3 Å². The van der Waals surface area contributed by atoms with Crippen molar-refractivity contribution in [3.8, 4) is 0 Å². The van der Waals surface area contributed by atoms with Crippen LogP contribution >= 0.6 is 11.3 Å². The fraction of sp³-hybridized carbons (Fsp3) is 0.385. The SMILES string of the molecule is Nc1ccc2nc(S(=O)(=O)CC(=O)N3CCCC3)sc2c1. The molecule has 1 fully saturated rings. The van der Waals surface area contributed by atoms with Crippen LogP contribution in [0.3, 0.4) is 0 Å². The highest BCUT2D eigenvalue weighted by molar-refractivity contribution is 7.94. The van der Waals surface area contributed by atoms with E-state index in [1.807, 2.05) is 0 Å². The van der Waals surface area contributed by atoms with Gasteiger partial charge in [0.1, 0.15) is 5.75 Å². The summed E-state index contributed by atoms with van der Waals surface area (Å²) in [5.41, 5.74) is 6.82. The Morgan fingerprint density at radius 3 is 2.76 bits per heavy atom. The molecular weight excluding hydrogens is 310 g/mol.